The molecule has 0 spiro atoms. The van der Waals surface area contributed by atoms with Crippen molar-refractivity contribution >= 4 is 16.8 Å². The smallest absolute Gasteiger partial charge is 0.237 e. The summed E-state index contributed by atoms with van der Waals surface area (Å²) in [5.41, 5.74) is 8.11. The van der Waals surface area contributed by atoms with Gasteiger partial charge in [0.25, 0.3) is 0 Å². The van der Waals surface area contributed by atoms with Crippen molar-refractivity contribution in [3.05, 3.63) is 36.0 Å². The average Bonchev–Trinajstić information content (AvgIpc) is 2.88. The second-order valence-corrected chi connectivity index (χ2v) is 5.18. The topological polar surface area (TPSA) is 80.1 Å². The zero-order valence-electron chi connectivity index (χ0n) is 12.6. The Labute approximate surface area is 124 Å². The normalized spacial score (nSPS) is 14.0. The summed E-state index contributed by atoms with van der Waals surface area (Å²) in [6, 6.07) is 7.44. The molecule has 0 fully saturated rings. The van der Waals surface area contributed by atoms with E-state index in [0.717, 1.165) is 16.5 Å². The van der Waals surface area contributed by atoms with Gasteiger partial charge in [0.2, 0.25) is 5.91 Å². The molecular weight excluding hydrogens is 266 g/mol. The molecule has 5 nitrogen and oxygen atoms in total. The summed E-state index contributed by atoms with van der Waals surface area (Å²) in [6.07, 6.45) is 2.43. The van der Waals surface area contributed by atoms with Gasteiger partial charge in [-0.2, -0.15) is 0 Å². The maximum Gasteiger partial charge on any atom is 0.237 e. The van der Waals surface area contributed by atoms with E-state index in [-0.39, 0.29) is 12.0 Å². The van der Waals surface area contributed by atoms with E-state index in [2.05, 4.69) is 10.3 Å². The molecule has 114 valence electrons. The maximum atomic E-state index is 12.0. The highest BCUT2D eigenvalue weighted by molar-refractivity contribution is 5.86. The number of hydrogen-bond donors (Lipinski definition) is 3. The van der Waals surface area contributed by atoms with Gasteiger partial charge in [0.05, 0.1) is 12.1 Å². The standard InChI is InChI=1S/C16H23N3O2/c1-3-21-11(2)9-19-16(20)14(17)8-12-10-18-15-7-5-4-6-13(12)15/h4-7,10-11,14,18H,3,8-9,17H2,1-2H3,(H,19,20)/t11?,14-/m1/s1. The van der Waals surface area contributed by atoms with Crippen LogP contribution in [0.2, 0.25) is 0 Å². The van der Waals surface area contributed by atoms with Crippen molar-refractivity contribution in [3.8, 4) is 0 Å². The summed E-state index contributed by atoms with van der Waals surface area (Å²) in [4.78, 5) is 15.2. The van der Waals surface area contributed by atoms with Gasteiger partial charge in [-0.3, -0.25) is 4.79 Å². The van der Waals surface area contributed by atoms with E-state index in [4.69, 9.17) is 10.5 Å². The predicted molar refractivity (Wildman–Crippen MR) is 84.1 cm³/mol. The first kappa shape index (κ1) is 15.5. The first-order chi connectivity index (χ1) is 10.1. The number of rotatable bonds is 7. The summed E-state index contributed by atoms with van der Waals surface area (Å²) in [7, 11) is 0. The lowest BCUT2D eigenvalue weighted by molar-refractivity contribution is -0.122. The molecule has 1 aromatic heterocycles. The molecule has 5 heteroatoms. The molecule has 2 atom stereocenters. The molecule has 2 aromatic rings. The monoisotopic (exact) mass is 289 g/mol. The molecular formula is C16H23N3O2. The van der Waals surface area contributed by atoms with Crippen LogP contribution in [0, 0.1) is 0 Å². The Balaban J connectivity index is 1.91. The van der Waals surface area contributed by atoms with Crippen molar-refractivity contribution in [2.75, 3.05) is 13.2 Å². The Morgan fingerprint density at radius 1 is 1.43 bits per heavy atom. The third-order valence-corrected chi connectivity index (χ3v) is 3.47. The van der Waals surface area contributed by atoms with E-state index >= 15 is 0 Å². The number of fused-ring (bicyclic) bond motifs is 1. The van der Waals surface area contributed by atoms with Crippen LogP contribution in [0.25, 0.3) is 10.9 Å². The molecule has 0 radical (unpaired) electrons. The minimum atomic E-state index is -0.557. The number of hydrogen-bond acceptors (Lipinski definition) is 3. The molecule has 1 amide bonds. The summed E-state index contributed by atoms with van der Waals surface area (Å²) < 4.78 is 5.37. The minimum Gasteiger partial charge on any atom is -0.377 e. The van der Waals surface area contributed by atoms with Crippen molar-refractivity contribution in [3.63, 3.8) is 0 Å². The van der Waals surface area contributed by atoms with Crippen molar-refractivity contribution < 1.29 is 9.53 Å². The Kier molecular flexibility index (Phi) is 5.36. The van der Waals surface area contributed by atoms with Crippen LogP contribution in [0.1, 0.15) is 19.4 Å². The molecule has 2 rings (SSSR count). The number of carbonyl (C=O) groups excluding carboxylic acids is 1. The van der Waals surface area contributed by atoms with E-state index in [1.165, 1.54) is 0 Å². The lowest BCUT2D eigenvalue weighted by Crippen LogP contribution is -2.44. The zero-order valence-corrected chi connectivity index (χ0v) is 12.6. The largest absolute Gasteiger partial charge is 0.377 e. The molecule has 21 heavy (non-hydrogen) atoms. The lowest BCUT2D eigenvalue weighted by Gasteiger charge is -2.15. The molecule has 0 aliphatic rings. The Morgan fingerprint density at radius 2 is 2.19 bits per heavy atom. The van der Waals surface area contributed by atoms with Crippen molar-refractivity contribution in [1.82, 2.24) is 10.3 Å². The second kappa shape index (κ2) is 7.24. The van der Waals surface area contributed by atoms with Gasteiger partial charge in [-0.15, -0.1) is 0 Å². The number of amides is 1. The number of nitrogens with two attached hydrogens (primary N) is 1. The third-order valence-electron chi connectivity index (χ3n) is 3.47. The number of ether oxygens (including phenoxy) is 1. The van der Waals surface area contributed by atoms with Gasteiger partial charge in [-0.05, 0) is 31.9 Å². The Bertz CT molecular complexity index is 594. The number of benzene rings is 1. The minimum absolute atomic E-state index is 0.000705. The van der Waals surface area contributed by atoms with Crippen LogP contribution in [0.15, 0.2) is 30.5 Å². The highest BCUT2D eigenvalue weighted by Crippen LogP contribution is 2.18. The predicted octanol–water partition coefficient (Wildman–Crippen LogP) is 1.58. The van der Waals surface area contributed by atoms with Crippen LogP contribution in [-0.2, 0) is 16.0 Å². The number of nitrogens with one attached hydrogen (secondary N) is 2. The summed E-state index contributed by atoms with van der Waals surface area (Å²) in [5.74, 6) is -0.146. The number of aromatic amines is 1. The van der Waals surface area contributed by atoms with E-state index in [1.807, 2.05) is 44.3 Å². The third kappa shape index (κ3) is 4.06. The number of aromatic nitrogens is 1. The first-order valence-corrected chi connectivity index (χ1v) is 7.31. The molecule has 0 aliphatic heterocycles. The van der Waals surface area contributed by atoms with E-state index < -0.39 is 6.04 Å². The lowest BCUT2D eigenvalue weighted by atomic mass is 10.1. The van der Waals surface area contributed by atoms with Crippen LogP contribution >= 0.6 is 0 Å². The van der Waals surface area contributed by atoms with Crippen molar-refractivity contribution in [2.24, 2.45) is 5.73 Å². The summed E-state index contributed by atoms with van der Waals surface area (Å²) >= 11 is 0. The van der Waals surface area contributed by atoms with Gasteiger partial charge in [0.1, 0.15) is 0 Å². The van der Waals surface area contributed by atoms with Crippen LogP contribution in [-0.4, -0.2) is 36.2 Å². The average molecular weight is 289 g/mol. The van der Waals surface area contributed by atoms with Gasteiger partial charge < -0.3 is 20.8 Å². The summed E-state index contributed by atoms with van der Waals surface area (Å²) in [6.45, 7) is 4.97. The molecule has 1 aromatic carbocycles. The molecule has 4 N–H and O–H groups in total. The molecule has 0 bridgehead atoms. The molecule has 1 heterocycles. The highest BCUT2D eigenvalue weighted by Gasteiger charge is 2.16. The fourth-order valence-electron chi connectivity index (χ4n) is 2.35. The number of para-hydroxylation sites is 1. The van der Waals surface area contributed by atoms with Crippen molar-refractivity contribution in [2.45, 2.75) is 32.4 Å². The Morgan fingerprint density at radius 3 is 2.95 bits per heavy atom. The summed E-state index contributed by atoms with van der Waals surface area (Å²) in [5, 5.41) is 3.94. The number of carbonyl (C=O) groups is 1. The van der Waals surface area contributed by atoms with Gasteiger partial charge in [-0.1, -0.05) is 18.2 Å². The molecule has 0 saturated carbocycles. The maximum absolute atomic E-state index is 12.0. The van der Waals surface area contributed by atoms with Crippen LogP contribution in [0.3, 0.4) is 0 Å². The fraction of sp³-hybridized carbons (Fsp3) is 0.438. The molecule has 0 aliphatic carbocycles. The van der Waals surface area contributed by atoms with Gasteiger partial charge in [0.15, 0.2) is 0 Å². The first-order valence-electron chi connectivity index (χ1n) is 7.31. The van der Waals surface area contributed by atoms with Gasteiger partial charge in [-0.25, -0.2) is 0 Å². The van der Waals surface area contributed by atoms with Crippen molar-refractivity contribution in [1.29, 1.82) is 0 Å². The van der Waals surface area contributed by atoms with Crippen LogP contribution in [0.5, 0.6) is 0 Å². The van der Waals surface area contributed by atoms with Crippen LogP contribution < -0.4 is 11.1 Å². The Hall–Kier alpha value is -1.85. The van der Waals surface area contributed by atoms with Gasteiger partial charge in [0, 0.05) is 30.3 Å². The number of H-pyrrole nitrogens is 1. The van der Waals surface area contributed by atoms with E-state index in [9.17, 15) is 4.79 Å². The SMILES string of the molecule is CCOC(C)CNC(=O)[C@H](N)Cc1c[nH]c2ccccc12. The van der Waals surface area contributed by atoms with E-state index in [0.29, 0.717) is 19.6 Å². The van der Waals surface area contributed by atoms with E-state index in [1.54, 1.807) is 0 Å². The van der Waals surface area contributed by atoms with Gasteiger partial charge >= 0.3 is 0 Å². The molecule has 0 saturated heterocycles. The second-order valence-electron chi connectivity index (χ2n) is 5.18. The molecule has 1 unspecified atom stereocenters. The fourth-order valence-corrected chi connectivity index (χ4v) is 2.35. The highest BCUT2D eigenvalue weighted by atomic mass is 16.5. The zero-order chi connectivity index (χ0) is 15.2. The van der Waals surface area contributed by atoms with Crippen LogP contribution in [0.4, 0.5) is 0 Å². The quantitative estimate of drug-likeness (QED) is 0.724.